The number of hydrogen-bond acceptors (Lipinski definition) is 1. The van der Waals surface area contributed by atoms with Gasteiger partial charge in [0, 0.05) is 0 Å². The van der Waals surface area contributed by atoms with E-state index in [1.807, 2.05) is 12.1 Å². The zero-order chi connectivity index (χ0) is 14.6. The monoisotopic (exact) mass is 278 g/mol. The molecule has 0 fully saturated rings. The summed E-state index contributed by atoms with van der Waals surface area (Å²) in [7, 11) is 0. The fourth-order valence-electron chi connectivity index (χ4n) is 5.03. The second-order valence-corrected chi connectivity index (χ2v) is 6.85. The molecule has 4 rings (SSSR count). The van der Waals surface area contributed by atoms with Gasteiger partial charge in [-0.05, 0) is 70.9 Å². The number of rotatable bonds is 1. The largest absolute Gasteiger partial charge is 0.508 e. The lowest BCUT2D eigenvalue weighted by molar-refractivity contribution is 0.213. The number of benzene rings is 2. The first-order valence-corrected chi connectivity index (χ1v) is 8.05. The topological polar surface area (TPSA) is 20.2 Å². The van der Waals surface area contributed by atoms with Gasteiger partial charge >= 0.3 is 0 Å². The van der Waals surface area contributed by atoms with Gasteiger partial charge < -0.3 is 5.11 Å². The maximum atomic E-state index is 9.88. The van der Waals surface area contributed by atoms with Crippen molar-refractivity contribution in [3.8, 4) is 5.75 Å². The van der Waals surface area contributed by atoms with Crippen LogP contribution in [0, 0.1) is 5.41 Å². The van der Waals surface area contributed by atoms with Crippen LogP contribution in [0.5, 0.6) is 5.75 Å². The lowest BCUT2D eigenvalue weighted by atomic mass is 9.68. The zero-order valence-electron chi connectivity index (χ0n) is 12.8. The standard InChI is InChI=1S/C20H22O/c1-3-19-17-9-8-16(21)10-18(17)13(2)20(19)11-14-6-4-5-7-15(14)12-20/h4-10,13,19,21H,3,11-12H2,1-2H3. The highest BCUT2D eigenvalue weighted by Crippen LogP contribution is 2.62. The summed E-state index contributed by atoms with van der Waals surface area (Å²) < 4.78 is 0. The lowest BCUT2D eigenvalue weighted by Gasteiger charge is -2.35. The molecule has 0 heterocycles. The second-order valence-electron chi connectivity index (χ2n) is 6.85. The van der Waals surface area contributed by atoms with Crippen LogP contribution < -0.4 is 0 Å². The molecule has 108 valence electrons. The molecule has 0 bridgehead atoms. The highest BCUT2D eigenvalue weighted by atomic mass is 16.3. The summed E-state index contributed by atoms with van der Waals surface area (Å²) in [5.74, 6) is 1.52. The third-order valence-electron chi connectivity index (χ3n) is 6.03. The fourth-order valence-corrected chi connectivity index (χ4v) is 5.03. The molecular weight excluding hydrogens is 256 g/mol. The van der Waals surface area contributed by atoms with Gasteiger partial charge in [-0.1, -0.05) is 44.2 Å². The lowest BCUT2D eigenvalue weighted by Crippen LogP contribution is -2.29. The first kappa shape index (κ1) is 12.9. The SMILES string of the molecule is CCC1c2ccc(O)cc2C(C)C12Cc1ccccc1C2. The Balaban J connectivity index is 1.85. The average molecular weight is 278 g/mol. The Bertz CT molecular complexity index is 676. The van der Waals surface area contributed by atoms with E-state index >= 15 is 0 Å². The molecule has 21 heavy (non-hydrogen) atoms. The Morgan fingerprint density at radius 2 is 1.71 bits per heavy atom. The van der Waals surface area contributed by atoms with Crippen molar-refractivity contribution in [1.29, 1.82) is 0 Å². The van der Waals surface area contributed by atoms with E-state index in [-0.39, 0.29) is 0 Å². The molecule has 0 aliphatic heterocycles. The van der Waals surface area contributed by atoms with Crippen molar-refractivity contribution < 1.29 is 5.11 Å². The summed E-state index contributed by atoms with van der Waals surface area (Å²) in [6, 6.07) is 14.9. The highest BCUT2D eigenvalue weighted by Gasteiger charge is 2.52. The Morgan fingerprint density at radius 1 is 1.05 bits per heavy atom. The van der Waals surface area contributed by atoms with Gasteiger partial charge in [-0.3, -0.25) is 0 Å². The van der Waals surface area contributed by atoms with Gasteiger partial charge in [0.1, 0.15) is 5.75 Å². The van der Waals surface area contributed by atoms with E-state index in [0.29, 0.717) is 23.0 Å². The normalized spacial score (nSPS) is 25.0. The molecule has 1 nitrogen and oxygen atoms in total. The first-order valence-electron chi connectivity index (χ1n) is 8.05. The minimum atomic E-state index is 0.314. The minimum absolute atomic E-state index is 0.314. The predicted octanol–water partition coefficient (Wildman–Crippen LogP) is 4.79. The number of fused-ring (bicyclic) bond motifs is 2. The van der Waals surface area contributed by atoms with Crippen molar-refractivity contribution in [2.24, 2.45) is 5.41 Å². The van der Waals surface area contributed by atoms with Crippen molar-refractivity contribution in [3.05, 3.63) is 64.7 Å². The van der Waals surface area contributed by atoms with E-state index in [0.717, 1.165) is 0 Å². The third kappa shape index (κ3) is 1.64. The second kappa shape index (κ2) is 4.37. The predicted molar refractivity (Wildman–Crippen MR) is 85.8 cm³/mol. The summed E-state index contributed by atoms with van der Waals surface area (Å²) in [4.78, 5) is 0. The summed E-state index contributed by atoms with van der Waals surface area (Å²) in [5.41, 5.74) is 6.21. The van der Waals surface area contributed by atoms with Crippen LogP contribution in [0.2, 0.25) is 0 Å². The molecule has 1 N–H and O–H groups in total. The molecule has 0 amide bonds. The van der Waals surface area contributed by atoms with Gasteiger partial charge in [0.2, 0.25) is 0 Å². The summed E-state index contributed by atoms with van der Waals surface area (Å²) in [6.45, 7) is 4.67. The van der Waals surface area contributed by atoms with Crippen LogP contribution in [-0.2, 0) is 12.8 Å². The van der Waals surface area contributed by atoms with Gasteiger partial charge in [-0.25, -0.2) is 0 Å². The number of phenolic OH excluding ortho intramolecular Hbond substituents is 1. The molecular formula is C20H22O. The number of phenols is 1. The third-order valence-corrected chi connectivity index (χ3v) is 6.03. The van der Waals surface area contributed by atoms with E-state index in [1.165, 1.54) is 41.5 Å². The smallest absolute Gasteiger partial charge is 0.115 e. The molecule has 1 spiro atoms. The van der Waals surface area contributed by atoms with Crippen molar-refractivity contribution >= 4 is 0 Å². The van der Waals surface area contributed by atoms with E-state index in [4.69, 9.17) is 0 Å². The van der Waals surface area contributed by atoms with Gasteiger partial charge in [-0.15, -0.1) is 0 Å². The summed E-state index contributed by atoms with van der Waals surface area (Å²) in [6.07, 6.45) is 3.53. The maximum Gasteiger partial charge on any atom is 0.115 e. The van der Waals surface area contributed by atoms with Crippen molar-refractivity contribution in [1.82, 2.24) is 0 Å². The van der Waals surface area contributed by atoms with E-state index in [9.17, 15) is 5.11 Å². The quantitative estimate of drug-likeness (QED) is 0.795. The van der Waals surface area contributed by atoms with Crippen LogP contribution in [-0.4, -0.2) is 5.11 Å². The fraction of sp³-hybridized carbons (Fsp3) is 0.400. The van der Waals surface area contributed by atoms with E-state index in [1.54, 1.807) is 0 Å². The summed E-state index contributed by atoms with van der Waals surface area (Å²) in [5, 5.41) is 9.88. The molecule has 0 saturated carbocycles. The van der Waals surface area contributed by atoms with Crippen molar-refractivity contribution in [2.45, 2.75) is 44.9 Å². The Morgan fingerprint density at radius 3 is 2.33 bits per heavy atom. The zero-order valence-corrected chi connectivity index (χ0v) is 12.8. The van der Waals surface area contributed by atoms with Crippen LogP contribution in [0.1, 0.15) is 54.4 Å². The molecule has 1 heteroatoms. The minimum Gasteiger partial charge on any atom is -0.508 e. The van der Waals surface area contributed by atoms with Crippen LogP contribution >= 0.6 is 0 Å². The van der Waals surface area contributed by atoms with Gasteiger partial charge in [0.25, 0.3) is 0 Å². The Labute approximate surface area is 126 Å². The number of hydrogen-bond donors (Lipinski definition) is 1. The Hall–Kier alpha value is -1.76. The van der Waals surface area contributed by atoms with Crippen LogP contribution in [0.4, 0.5) is 0 Å². The molecule has 2 atom stereocenters. The molecule has 2 aliphatic carbocycles. The van der Waals surface area contributed by atoms with Crippen molar-refractivity contribution in [2.75, 3.05) is 0 Å². The average Bonchev–Trinajstić information content (AvgIpc) is 2.97. The first-order chi connectivity index (χ1) is 10.2. The van der Waals surface area contributed by atoms with Crippen molar-refractivity contribution in [3.63, 3.8) is 0 Å². The molecule has 2 aromatic carbocycles. The van der Waals surface area contributed by atoms with Crippen LogP contribution in [0.3, 0.4) is 0 Å². The van der Waals surface area contributed by atoms with E-state index in [2.05, 4.69) is 44.2 Å². The maximum absolute atomic E-state index is 9.88. The van der Waals surface area contributed by atoms with Crippen LogP contribution in [0.25, 0.3) is 0 Å². The van der Waals surface area contributed by atoms with E-state index < -0.39 is 0 Å². The number of aromatic hydroxyl groups is 1. The molecule has 2 unspecified atom stereocenters. The summed E-state index contributed by atoms with van der Waals surface area (Å²) >= 11 is 0. The van der Waals surface area contributed by atoms with Gasteiger partial charge in [0.05, 0.1) is 0 Å². The van der Waals surface area contributed by atoms with Crippen LogP contribution in [0.15, 0.2) is 42.5 Å². The molecule has 0 saturated heterocycles. The van der Waals surface area contributed by atoms with Gasteiger partial charge in [0.15, 0.2) is 0 Å². The molecule has 2 aliphatic rings. The molecule has 2 aromatic rings. The molecule has 0 aromatic heterocycles. The van der Waals surface area contributed by atoms with Gasteiger partial charge in [-0.2, -0.15) is 0 Å². The molecule has 0 radical (unpaired) electrons. The Kier molecular flexibility index (Phi) is 2.69. The highest BCUT2D eigenvalue weighted by molar-refractivity contribution is 5.50.